The van der Waals surface area contributed by atoms with Crippen LogP contribution in [0.4, 0.5) is 5.13 Å². The predicted molar refractivity (Wildman–Crippen MR) is 118 cm³/mol. The van der Waals surface area contributed by atoms with Gasteiger partial charge in [0.2, 0.25) is 15.9 Å². The van der Waals surface area contributed by atoms with Crippen molar-refractivity contribution in [3.8, 4) is 0 Å². The summed E-state index contributed by atoms with van der Waals surface area (Å²) in [5, 5.41) is 3.76. The molecule has 1 fully saturated rings. The SMILES string of the molecule is CC(C)Sc1ccc(CC(=O)Nc2nc3c(s2)CN(S(=O)(=O)C2CC2)CC3)cc1. The Bertz CT molecular complexity index is 996. The van der Waals surface area contributed by atoms with Gasteiger partial charge in [-0.3, -0.25) is 4.79 Å². The zero-order valence-electron chi connectivity index (χ0n) is 16.6. The molecule has 2 aliphatic rings. The molecule has 0 atom stereocenters. The van der Waals surface area contributed by atoms with E-state index in [-0.39, 0.29) is 11.2 Å². The second kappa shape index (κ2) is 8.37. The lowest BCUT2D eigenvalue weighted by Crippen LogP contribution is -2.37. The summed E-state index contributed by atoms with van der Waals surface area (Å²) in [4.78, 5) is 19.1. The van der Waals surface area contributed by atoms with Gasteiger partial charge in [0.25, 0.3) is 0 Å². The Morgan fingerprint density at radius 3 is 2.69 bits per heavy atom. The minimum Gasteiger partial charge on any atom is -0.302 e. The lowest BCUT2D eigenvalue weighted by atomic mass is 10.1. The third-order valence-corrected chi connectivity index (χ3v) is 9.27. The number of benzene rings is 1. The molecule has 4 rings (SSSR count). The van der Waals surface area contributed by atoms with Crippen LogP contribution in [0.3, 0.4) is 0 Å². The maximum absolute atomic E-state index is 12.5. The maximum atomic E-state index is 12.5. The molecule has 1 saturated carbocycles. The van der Waals surface area contributed by atoms with Crippen molar-refractivity contribution in [1.82, 2.24) is 9.29 Å². The van der Waals surface area contributed by atoms with Crippen molar-refractivity contribution < 1.29 is 13.2 Å². The molecule has 0 saturated heterocycles. The summed E-state index contributed by atoms with van der Waals surface area (Å²) in [5.74, 6) is -0.109. The number of anilines is 1. The molecule has 6 nitrogen and oxygen atoms in total. The molecule has 2 aromatic rings. The lowest BCUT2D eigenvalue weighted by Gasteiger charge is -2.25. The smallest absolute Gasteiger partial charge is 0.230 e. The number of amides is 1. The lowest BCUT2D eigenvalue weighted by molar-refractivity contribution is -0.115. The number of fused-ring (bicyclic) bond motifs is 1. The number of hydrogen-bond acceptors (Lipinski definition) is 6. The number of hydrogen-bond donors (Lipinski definition) is 1. The number of nitrogens with zero attached hydrogens (tertiary/aromatic N) is 2. The number of aromatic nitrogens is 1. The molecule has 1 aliphatic heterocycles. The topological polar surface area (TPSA) is 79.4 Å². The third kappa shape index (κ3) is 5.02. The summed E-state index contributed by atoms with van der Waals surface area (Å²) in [6.45, 7) is 5.15. The Morgan fingerprint density at radius 1 is 1.31 bits per heavy atom. The predicted octanol–water partition coefficient (Wildman–Crippen LogP) is 3.68. The van der Waals surface area contributed by atoms with Gasteiger partial charge in [-0.25, -0.2) is 13.4 Å². The minimum absolute atomic E-state index is 0.109. The fourth-order valence-corrected chi connectivity index (χ4v) is 7.09. The highest BCUT2D eigenvalue weighted by molar-refractivity contribution is 7.99. The molecule has 29 heavy (non-hydrogen) atoms. The van der Waals surface area contributed by atoms with Gasteiger partial charge in [0, 0.05) is 34.5 Å². The highest BCUT2D eigenvalue weighted by atomic mass is 32.2. The summed E-state index contributed by atoms with van der Waals surface area (Å²) in [6.07, 6.45) is 2.43. The molecule has 156 valence electrons. The Labute approximate surface area is 180 Å². The van der Waals surface area contributed by atoms with Crippen LogP contribution in [0.2, 0.25) is 0 Å². The van der Waals surface area contributed by atoms with Gasteiger partial charge in [-0.05, 0) is 30.5 Å². The molecular formula is C20H25N3O3S3. The van der Waals surface area contributed by atoms with Gasteiger partial charge in [-0.15, -0.1) is 23.1 Å². The molecule has 1 aliphatic carbocycles. The van der Waals surface area contributed by atoms with Crippen molar-refractivity contribution in [3.63, 3.8) is 0 Å². The van der Waals surface area contributed by atoms with E-state index in [2.05, 4.69) is 24.1 Å². The van der Waals surface area contributed by atoms with Crippen LogP contribution in [0.5, 0.6) is 0 Å². The van der Waals surface area contributed by atoms with Crippen LogP contribution in [-0.2, 0) is 34.2 Å². The number of carbonyl (C=O) groups excluding carboxylic acids is 1. The van der Waals surface area contributed by atoms with E-state index in [1.54, 1.807) is 16.1 Å². The van der Waals surface area contributed by atoms with E-state index in [0.717, 1.165) is 29.0 Å². The highest BCUT2D eigenvalue weighted by Gasteiger charge is 2.41. The Balaban J connectivity index is 1.36. The molecule has 1 amide bonds. The van der Waals surface area contributed by atoms with Crippen molar-refractivity contribution in [3.05, 3.63) is 40.4 Å². The summed E-state index contributed by atoms with van der Waals surface area (Å²) in [7, 11) is -3.17. The van der Waals surface area contributed by atoms with Gasteiger partial charge >= 0.3 is 0 Å². The van der Waals surface area contributed by atoms with Gasteiger partial charge in [-0.2, -0.15) is 4.31 Å². The van der Waals surface area contributed by atoms with Crippen LogP contribution in [0, 0.1) is 0 Å². The second-order valence-electron chi connectivity index (χ2n) is 7.75. The average Bonchev–Trinajstić information content (AvgIpc) is 3.44. The standard InChI is InChI=1S/C20H25N3O3S3/c1-13(2)27-15-5-3-14(4-6-15)11-19(24)22-20-21-17-9-10-23(12-18(17)28-20)29(25,26)16-7-8-16/h3-6,13,16H,7-12H2,1-2H3,(H,21,22,24). The highest BCUT2D eigenvalue weighted by Crippen LogP contribution is 2.35. The first-order valence-corrected chi connectivity index (χ1v) is 13.0. The fourth-order valence-electron chi connectivity index (χ4n) is 3.33. The van der Waals surface area contributed by atoms with E-state index >= 15 is 0 Å². The number of sulfonamides is 1. The molecule has 0 radical (unpaired) electrons. The Hall–Kier alpha value is -1.42. The molecule has 0 spiro atoms. The van der Waals surface area contributed by atoms with Crippen molar-refractivity contribution in [1.29, 1.82) is 0 Å². The number of rotatable bonds is 7. The van der Waals surface area contributed by atoms with Crippen LogP contribution in [0.15, 0.2) is 29.2 Å². The van der Waals surface area contributed by atoms with Crippen molar-refractivity contribution >= 4 is 44.2 Å². The number of carbonyl (C=O) groups is 1. The quantitative estimate of drug-likeness (QED) is 0.650. The molecular weight excluding hydrogens is 426 g/mol. The first-order chi connectivity index (χ1) is 13.8. The average molecular weight is 452 g/mol. The van der Waals surface area contributed by atoms with Gasteiger partial charge in [0.05, 0.1) is 17.4 Å². The molecule has 9 heteroatoms. The van der Waals surface area contributed by atoms with E-state index in [1.165, 1.54) is 16.2 Å². The van der Waals surface area contributed by atoms with E-state index in [4.69, 9.17) is 0 Å². The Morgan fingerprint density at radius 2 is 2.03 bits per heavy atom. The van der Waals surface area contributed by atoms with Gasteiger partial charge in [0.15, 0.2) is 5.13 Å². The summed E-state index contributed by atoms with van der Waals surface area (Å²) in [5.41, 5.74) is 1.86. The molecule has 1 aromatic heterocycles. The third-order valence-electron chi connectivity index (χ3n) is 4.91. The van der Waals surface area contributed by atoms with Crippen LogP contribution in [0.25, 0.3) is 0 Å². The van der Waals surface area contributed by atoms with Gasteiger partial charge in [0.1, 0.15) is 0 Å². The fraction of sp³-hybridized carbons (Fsp3) is 0.500. The second-order valence-corrected chi connectivity index (χ2v) is 12.7. The summed E-state index contributed by atoms with van der Waals surface area (Å²) < 4.78 is 26.5. The number of thiazole rings is 1. The minimum atomic E-state index is -3.17. The van der Waals surface area contributed by atoms with Crippen LogP contribution < -0.4 is 5.32 Å². The zero-order valence-corrected chi connectivity index (χ0v) is 19.0. The first-order valence-electron chi connectivity index (χ1n) is 9.84. The molecule has 1 N–H and O–H groups in total. The van der Waals surface area contributed by atoms with Crippen molar-refractivity contribution in [2.75, 3.05) is 11.9 Å². The van der Waals surface area contributed by atoms with E-state index < -0.39 is 10.0 Å². The Kier molecular flexibility index (Phi) is 6.02. The van der Waals surface area contributed by atoms with Crippen molar-refractivity contribution in [2.24, 2.45) is 0 Å². The molecule has 1 aromatic carbocycles. The van der Waals surface area contributed by atoms with E-state index in [1.807, 2.05) is 24.3 Å². The normalized spacial score (nSPS) is 17.3. The molecule has 0 bridgehead atoms. The van der Waals surface area contributed by atoms with Gasteiger partial charge < -0.3 is 5.32 Å². The largest absolute Gasteiger partial charge is 0.302 e. The molecule has 0 unspecified atom stereocenters. The monoisotopic (exact) mass is 451 g/mol. The van der Waals surface area contributed by atoms with E-state index in [9.17, 15) is 13.2 Å². The maximum Gasteiger partial charge on any atom is 0.230 e. The van der Waals surface area contributed by atoms with E-state index in [0.29, 0.717) is 36.3 Å². The van der Waals surface area contributed by atoms with Crippen molar-refractivity contribution in [2.45, 2.75) is 61.5 Å². The first kappa shape index (κ1) is 20.8. The van der Waals surface area contributed by atoms with Crippen LogP contribution in [0.1, 0.15) is 42.8 Å². The van der Waals surface area contributed by atoms with Crippen LogP contribution >= 0.6 is 23.1 Å². The molecule has 2 heterocycles. The van der Waals surface area contributed by atoms with Crippen LogP contribution in [-0.4, -0.2) is 40.7 Å². The number of nitrogens with one attached hydrogen (secondary N) is 1. The zero-order chi connectivity index (χ0) is 20.6. The number of thioether (sulfide) groups is 1. The van der Waals surface area contributed by atoms with Gasteiger partial charge in [-0.1, -0.05) is 26.0 Å². The summed E-state index contributed by atoms with van der Waals surface area (Å²) in [6, 6.07) is 8.06. The summed E-state index contributed by atoms with van der Waals surface area (Å²) >= 11 is 3.18.